The Bertz CT molecular complexity index is 228. The lowest BCUT2D eigenvalue weighted by Gasteiger charge is -2.24. The minimum atomic E-state index is -0.114. The van der Waals surface area contributed by atoms with Crippen LogP contribution >= 0.6 is 0 Å². The van der Waals surface area contributed by atoms with E-state index in [0.717, 1.165) is 18.9 Å². The lowest BCUT2D eigenvalue weighted by molar-refractivity contribution is -0.126. The number of likely N-dealkylation sites (tertiary alicyclic amines) is 1. The van der Waals surface area contributed by atoms with Crippen molar-refractivity contribution >= 4 is 5.91 Å². The Hall–Kier alpha value is -0.970. The summed E-state index contributed by atoms with van der Waals surface area (Å²) in [5.74, 6) is 2.81. The molecule has 0 spiro atoms. The van der Waals surface area contributed by atoms with Gasteiger partial charge in [0, 0.05) is 12.6 Å². The zero-order valence-corrected chi connectivity index (χ0v) is 6.42. The van der Waals surface area contributed by atoms with Crippen molar-refractivity contribution in [1.29, 1.82) is 0 Å². The largest absolute Gasteiger partial charge is 0.329 e. The molecule has 0 N–H and O–H groups in total. The minimum Gasteiger partial charge on any atom is -0.329 e. The summed E-state index contributed by atoms with van der Waals surface area (Å²) in [6.07, 6.45) is 8.69. The molecule has 0 aromatic heterocycles. The van der Waals surface area contributed by atoms with Crippen LogP contribution in [-0.2, 0) is 4.79 Å². The van der Waals surface area contributed by atoms with Gasteiger partial charge in [-0.1, -0.05) is 0 Å². The summed E-state index contributed by atoms with van der Waals surface area (Å²) in [6.45, 7) is 0.910. The van der Waals surface area contributed by atoms with Gasteiger partial charge in [-0.3, -0.25) is 4.79 Å². The maximum Gasteiger partial charge on any atom is 0.298 e. The number of terminal acetylenes is 1. The van der Waals surface area contributed by atoms with Crippen LogP contribution in [0.2, 0.25) is 0 Å². The molecule has 2 aliphatic rings. The third-order valence-electron chi connectivity index (χ3n) is 2.79. The van der Waals surface area contributed by atoms with Gasteiger partial charge in [0.05, 0.1) is 0 Å². The Kier molecular flexibility index (Phi) is 1.38. The van der Waals surface area contributed by atoms with Crippen molar-refractivity contribution < 1.29 is 4.79 Å². The minimum absolute atomic E-state index is 0.114. The first-order chi connectivity index (χ1) is 5.31. The number of rotatable bonds is 0. The van der Waals surface area contributed by atoms with Crippen LogP contribution in [0.25, 0.3) is 0 Å². The zero-order valence-electron chi connectivity index (χ0n) is 6.42. The van der Waals surface area contributed by atoms with Crippen LogP contribution < -0.4 is 0 Å². The molecule has 1 aliphatic heterocycles. The van der Waals surface area contributed by atoms with E-state index in [4.69, 9.17) is 6.42 Å². The Labute approximate surface area is 66.6 Å². The molecule has 2 nitrogen and oxygen atoms in total. The van der Waals surface area contributed by atoms with Crippen LogP contribution in [0, 0.1) is 18.3 Å². The summed E-state index contributed by atoms with van der Waals surface area (Å²) in [7, 11) is 0. The number of amides is 1. The summed E-state index contributed by atoms with van der Waals surface area (Å²) < 4.78 is 0. The highest BCUT2D eigenvalue weighted by molar-refractivity contribution is 5.93. The molecule has 2 unspecified atom stereocenters. The van der Waals surface area contributed by atoms with Crippen LogP contribution in [0.4, 0.5) is 0 Å². The lowest BCUT2D eigenvalue weighted by atomic mass is 10.1. The van der Waals surface area contributed by atoms with Crippen molar-refractivity contribution in [2.75, 3.05) is 6.54 Å². The summed E-state index contributed by atoms with van der Waals surface area (Å²) in [5, 5.41) is 0. The highest BCUT2D eigenvalue weighted by Crippen LogP contribution is 2.37. The van der Waals surface area contributed by atoms with E-state index in [1.165, 1.54) is 12.8 Å². The van der Waals surface area contributed by atoms with Gasteiger partial charge < -0.3 is 4.90 Å². The molecule has 2 atom stereocenters. The number of hydrogen-bond donors (Lipinski definition) is 0. The van der Waals surface area contributed by atoms with Gasteiger partial charge in [0.25, 0.3) is 5.91 Å². The van der Waals surface area contributed by atoms with E-state index in [1.54, 1.807) is 0 Å². The predicted octanol–water partition coefficient (Wildman–Crippen LogP) is 0.630. The first-order valence-electron chi connectivity index (χ1n) is 4.08. The number of carbonyl (C=O) groups excluding carboxylic acids is 1. The van der Waals surface area contributed by atoms with Gasteiger partial charge in [-0.25, -0.2) is 0 Å². The quantitative estimate of drug-likeness (QED) is 0.463. The summed E-state index contributed by atoms with van der Waals surface area (Å²) >= 11 is 0. The van der Waals surface area contributed by atoms with Crippen LogP contribution in [0.5, 0.6) is 0 Å². The lowest BCUT2D eigenvalue weighted by Crippen LogP contribution is -2.36. The smallest absolute Gasteiger partial charge is 0.298 e. The second kappa shape index (κ2) is 2.27. The second-order valence-corrected chi connectivity index (χ2v) is 3.43. The van der Waals surface area contributed by atoms with E-state index in [1.807, 2.05) is 4.90 Å². The molecule has 11 heavy (non-hydrogen) atoms. The fourth-order valence-corrected chi connectivity index (χ4v) is 2.26. The van der Waals surface area contributed by atoms with Gasteiger partial charge >= 0.3 is 0 Å². The molecule has 0 aromatic carbocycles. The summed E-state index contributed by atoms with van der Waals surface area (Å²) in [5.41, 5.74) is 0. The van der Waals surface area contributed by atoms with Gasteiger partial charge in [0.15, 0.2) is 0 Å². The maximum atomic E-state index is 11.1. The summed E-state index contributed by atoms with van der Waals surface area (Å²) in [6, 6.07) is 0.476. The van der Waals surface area contributed by atoms with Crippen LogP contribution in [0.1, 0.15) is 19.3 Å². The Morgan fingerprint density at radius 1 is 1.55 bits per heavy atom. The summed E-state index contributed by atoms with van der Waals surface area (Å²) in [4.78, 5) is 12.9. The molecule has 1 saturated heterocycles. The third-order valence-corrected chi connectivity index (χ3v) is 2.79. The fraction of sp³-hybridized carbons (Fsp3) is 0.667. The first kappa shape index (κ1) is 6.72. The molecule has 1 amide bonds. The zero-order chi connectivity index (χ0) is 7.84. The molecule has 58 valence electrons. The van der Waals surface area contributed by atoms with Crippen molar-refractivity contribution in [2.45, 2.75) is 25.3 Å². The van der Waals surface area contributed by atoms with Gasteiger partial charge in [0.2, 0.25) is 0 Å². The van der Waals surface area contributed by atoms with E-state index in [2.05, 4.69) is 5.92 Å². The second-order valence-electron chi connectivity index (χ2n) is 3.43. The number of hydrogen-bond acceptors (Lipinski definition) is 1. The topological polar surface area (TPSA) is 20.3 Å². The van der Waals surface area contributed by atoms with Crippen LogP contribution in [0.3, 0.4) is 0 Å². The van der Waals surface area contributed by atoms with E-state index in [9.17, 15) is 4.79 Å². The van der Waals surface area contributed by atoms with Gasteiger partial charge in [0.1, 0.15) is 0 Å². The van der Waals surface area contributed by atoms with Gasteiger partial charge in [-0.2, -0.15) is 0 Å². The van der Waals surface area contributed by atoms with Crippen molar-refractivity contribution in [2.24, 2.45) is 5.92 Å². The predicted molar refractivity (Wildman–Crippen MR) is 41.7 cm³/mol. The Balaban J connectivity index is 2.09. The van der Waals surface area contributed by atoms with E-state index in [-0.39, 0.29) is 5.91 Å². The molecular formula is C9H11NO. The first-order valence-corrected chi connectivity index (χ1v) is 4.08. The highest BCUT2D eigenvalue weighted by atomic mass is 16.2. The third kappa shape index (κ3) is 0.920. The monoisotopic (exact) mass is 149 g/mol. The van der Waals surface area contributed by atoms with Crippen LogP contribution in [0.15, 0.2) is 0 Å². The normalized spacial score (nSPS) is 33.9. The molecule has 2 rings (SSSR count). The molecule has 0 radical (unpaired) electrons. The van der Waals surface area contributed by atoms with Crippen molar-refractivity contribution in [3.05, 3.63) is 0 Å². The number of piperidine rings is 1. The number of nitrogens with zero attached hydrogens (tertiary/aromatic N) is 1. The van der Waals surface area contributed by atoms with E-state index >= 15 is 0 Å². The van der Waals surface area contributed by atoms with E-state index in [0.29, 0.717) is 6.04 Å². The molecule has 0 aromatic rings. The van der Waals surface area contributed by atoms with Gasteiger partial charge in [-0.15, -0.1) is 6.42 Å². The van der Waals surface area contributed by atoms with Crippen molar-refractivity contribution in [1.82, 2.24) is 4.90 Å². The van der Waals surface area contributed by atoms with Gasteiger partial charge in [-0.05, 0) is 31.1 Å². The molecule has 2 fully saturated rings. The molecule has 2 bridgehead atoms. The Morgan fingerprint density at radius 3 is 2.82 bits per heavy atom. The fourth-order valence-electron chi connectivity index (χ4n) is 2.26. The van der Waals surface area contributed by atoms with Crippen molar-refractivity contribution in [3.8, 4) is 12.3 Å². The SMILES string of the molecule is C#CC(=O)N1CC2CCC1C2. The number of carbonyl (C=O) groups is 1. The van der Waals surface area contributed by atoms with Crippen molar-refractivity contribution in [3.63, 3.8) is 0 Å². The molecular weight excluding hydrogens is 138 g/mol. The molecule has 1 heterocycles. The standard InChI is InChI=1S/C9H11NO/c1-2-9(11)10-6-7-3-4-8(10)5-7/h1,7-8H,3-6H2. The average Bonchev–Trinajstić information content (AvgIpc) is 2.62. The highest BCUT2D eigenvalue weighted by Gasteiger charge is 2.39. The molecule has 2 heteroatoms. The number of fused-ring (bicyclic) bond motifs is 2. The van der Waals surface area contributed by atoms with E-state index < -0.39 is 0 Å². The molecule has 1 aliphatic carbocycles. The molecule has 1 saturated carbocycles. The average molecular weight is 149 g/mol. The maximum absolute atomic E-state index is 11.1. The van der Waals surface area contributed by atoms with Crippen LogP contribution in [-0.4, -0.2) is 23.4 Å². The Morgan fingerprint density at radius 2 is 2.36 bits per heavy atom.